The minimum Gasteiger partial charge on any atom is -0.549 e. The quantitative estimate of drug-likeness (QED) is 0.0267. The number of carboxylic acid groups (broad SMARTS) is 4. The van der Waals surface area contributed by atoms with Crippen molar-refractivity contribution >= 4 is 77.9 Å². The van der Waals surface area contributed by atoms with E-state index in [4.69, 9.17) is 11.3 Å². The van der Waals surface area contributed by atoms with Crippen LogP contribution >= 0.6 is 0 Å². The van der Waals surface area contributed by atoms with E-state index >= 15 is 4.11 Å². The third kappa shape index (κ3) is 19.2. The number of fused-ring (bicyclic) bond motifs is 1. The van der Waals surface area contributed by atoms with Crippen molar-refractivity contribution in [2.24, 2.45) is 0 Å². The second-order valence-corrected chi connectivity index (χ2v) is 27.9. The van der Waals surface area contributed by atoms with Crippen molar-refractivity contribution < 1.29 is 72.4 Å². The fourth-order valence-electron chi connectivity index (χ4n) is 10.8. The number of halogens is 1. The molecule has 5 N–H and O–H groups in total. The highest BCUT2D eigenvalue weighted by molar-refractivity contribution is 6.90. The predicted octanol–water partition coefficient (Wildman–Crippen LogP) is -1.94. The average Bonchev–Trinajstić information content (AvgIpc) is 1.40. The summed E-state index contributed by atoms with van der Waals surface area (Å²) in [5.41, 5.74) is 0.870. The number of hydrogen-bond acceptors (Lipinski definition) is 18. The molecule has 27 heteroatoms. The Labute approximate surface area is 489 Å². The van der Waals surface area contributed by atoms with Crippen molar-refractivity contribution in [3.8, 4) is 5.75 Å². The Morgan fingerprint density at radius 2 is 1.35 bits per heavy atom. The van der Waals surface area contributed by atoms with Crippen LogP contribution < -0.4 is 46.5 Å². The maximum atomic E-state index is 17.1. The number of aromatic nitrogens is 1. The molecule has 84 heavy (non-hydrogen) atoms. The van der Waals surface area contributed by atoms with E-state index in [0.29, 0.717) is 41.2 Å². The van der Waals surface area contributed by atoms with Crippen LogP contribution in [0.2, 0.25) is 10.1 Å². The molecule has 2 aliphatic rings. The number of carboxylic acids is 4. The molecule has 2 aromatic carbocycles. The van der Waals surface area contributed by atoms with Gasteiger partial charge in [0.15, 0.2) is 0 Å². The van der Waals surface area contributed by atoms with Gasteiger partial charge in [-0.3, -0.25) is 63.1 Å². The van der Waals surface area contributed by atoms with Crippen molar-refractivity contribution in [2.75, 3.05) is 105 Å². The summed E-state index contributed by atoms with van der Waals surface area (Å²) >= 11 is 0. The normalized spacial score (nSPS) is 17.1. The van der Waals surface area contributed by atoms with Crippen molar-refractivity contribution in [1.82, 2.24) is 50.8 Å². The molecular weight excluding hydrogens is 1110 g/mol. The minimum atomic E-state index is -3.68. The number of carbonyl (C=O) groups is 9. The van der Waals surface area contributed by atoms with Crippen LogP contribution in [0.1, 0.15) is 94.4 Å². The molecule has 3 heterocycles. The fourth-order valence-corrected chi connectivity index (χ4v) is 15.4. The van der Waals surface area contributed by atoms with Crippen LogP contribution in [0.25, 0.3) is 15.7 Å². The van der Waals surface area contributed by atoms with Crippen molar-refractivity contribution in [2.45, 2.75) is 102 Å². The molecule has 5 amide bonds. The summed E-state index contributed by atoms with van der Waals surface area (Å²) in [5, 5.41) is 55.7. The molecule has 0 bridgehead atoms. The smallest absolute Gasteiger partial charge is 0.320 e. The Morgan fingerprint density at radius 1 is 0.774 bits per heavy atom. The number of carbonyl (C=O) groups excluding carboxylic acids is 8. The zero-order valence-electron chi connectivity index (χ0n) is 48.5. The van der Waals surface area contributed by atoms with E-state index in [1.807, 2.05) is 41.5 Å². The van der Waals surface area contributed by atoms with Crippen LogP contribution in [0, 0.1) is 6.57 Å². The van der Waals surface area contributed by atoms with Gasteiger partial charge >= 0.3 is 12.1 Å². The first kappa shape index (κ1) is 67.2. The van der Waals surface area contributed by atoms with Crippen molar-refractivity contribution in [1.29, 1.82) is 0 Å². The molecule has 2 fully saturated rings. The zero-order valence-corrected chi connectivity index (χ0v) is 49.5. The van der Waals surface area contributed by atoms with Gasteiger partial charge in [-0.15, -0.1) is 0 Å². The first-order valence-electron chi connectivity index (χ1n) is 28.0. The molecule has 1 aromatic heterocycles. The summed E-state index contributed by atoms with van der Waals surface area (Å²) < 4.78 is 23.1. The maximum Gasteiger partial charge on any atom is 0.320 e. The number of likely N-dealkylation sites (tertiary alicyclic amines) is 1. The number of pyridine rings is 1. The number of amides is 5. The van der Waals surface area contributed by atoms with E-state index in [1.165, 1.54) is 48.9 Å². The molecule has 3 atom stereocenters. The van der Waals surface area contributed by atoms with Gasteiger partial charge in [0.25, 0.3) is 20.2 Å². The molecule has 0 spiro atoms. The van der Waals surface area contributed by atoms with E-state index in [2.05, 4.69) is 31.1 Å². The molecule has 3 aromatic rings. The van der Waals surface area contributed by atoms with Crippen LogP contribution in [-0.2, 0) is 33.6 Å². The van der Waals surface area contributed by atoms with Gasteiger partial charge in [0.2, 0.25) is 17.7 Å². The number of ether oxygens (including phenoxy) is 1. The standard InChI is InChI=1S/C57H80FN11O14Si/c1-56(2,3)84(58,57(4,5)6)40-14-11-38(12-15-40)52(78)62-33-44(54(80)61-20-9-31-83-39-13-16-43-42(32-39)41(19-21-60-43)53(79)63-34-48(71)69-22-8-10-46(69)59-7)64-47(70)18-17-45(55(81)82)68-29-27-66(36-50(74)75)25-23-65(35-49(72)73)24-26-67(28-30-68)37-51(76)77/h11-16,19,21,32,44-46H,8-10,17-18,20,22-31,33-37H2,1-6H3,(H,61,80)(H,62,78)(H,63,79)(H,64,70)(H,72,73)(H,74,75)(H,76,77)(H,81,82)/p-3/t44?,45?,46-/m0/s1. The topological polar surface area (TPSA) is 334 Å². The fraction of sp³-hybridized carbons (Fsp3) is 0.561. The molecule has 2 saturated heterocycles. The van der Waals surface area contributed by atoms with Gasteiger partial charge in [-0.25, -0.2) is 6.57 Å². The summed E-state index contributed by atoms with van der Waals surface area (Å²) in [6, 6.07) is 9.80. The average molecular weight is 1190 g/mol. The van der Waals surface area contributed by atoms with Gasteiger partial charge in [0.05, 0.1) is 42.1 Å². The van der Waals surface area contributed by atoms with Crippen LogP contribution in [-0.4, -0.2) is 219 Å². The molecule has 458 valence electrons. The molecule has 2 unspecified atom stereocenters. The highest BCUT2D eigenvalue weighted by Crippen LogP contribution is 2.51. The van der Waals surface area contributed by atoms with E-state index in [1.54, 1.807) is 30.3 Å². The number of nitrogens with one attached hydrogen (secondary N) is 4. The first-order valence-corrected chi connectivity index (χ1v) is 29.8. The summed E-state index contributed by atoms with van der Waals surface area (Å²) in [7, 11) is -3.68. The number of nitrogens with zero attached hydrogens (tertiary/aromatic N) is 7. The Hall–Kier alpha value is -7.64. The van der Waals surface area contributed by atoms with E-state index in [-0.39, 0.29) is 102 Å². The van der Waals surface area contributed by atoms with E-state index in [9.17, 15) is 63.6 Å². The van der Waals surface area contributed by atoms with E-state index < -0.39 is 117 Å². The Kier molecular flexibility index (Phi) is 24.6. The third-order valence-electron chi connectivity index (χ3n) is 15.0. The molecule has 0 saturated carbocycles. The van der Waals surface area contributed by atoms with Crippen LogP contribution in [0.4, 0.5) is 4.11 Å². The van der Waals surface area contributed by atoms with Gasteiger partial charge in [0.1, 0.15) is 17.8 Å². The number of hydrogen-bond donors (Lipinski definition) is 5. The summed E-state index contributed by atoms with van der Waals surface area (Å²) in [6.45, 7) is 16.5. The van der Waals surface area contributed by atoms with Gasteiger partial charge in [-0.1, -0.05) is 53.7 Å². The zero-order chi connectivity index (χ0) is 61.9. The summed E-state index contributed by atoms with van der Waals surface area (Å²) in [6.07, 6.45) is 1.61. The number of benzene rings is 2. The molecule has 0 aliphatic carbocycles. The molecule has 0 radical (unpaired) electrons. The SMILES string of the molecule is [C-]#[N+][C@@H]1CCCN1C(=O)CNC(=O)c1ccnc2ccc(OCCCNC(=O)C(CNC(=O)c3ccc([Si](F)(C(C)(C)C)C(C)(C)C)cc3)NC(=O)CCC(C(=O)O)N3CCN(CC(=O)[O-])CCN(CC(=O)[O-])CCN(CC(=O)[O-])CC3)cc12. The Bertz CT molecular complexity index is 2830. The number of aliphatic carboxylic acids is 4. The van der Waals surface area contributed by atoms with Crippen LogP contribution in [0.15, 0.2) is 54.7 Å². The second kappa shape index (κ2) is 30.8. The van der Waals surface area contributed by atoms with Gasteiger partial charge < -0.3 is 64.9 Å². The van der Waals surface area contributed by atoms with Crippen LogP contribution in [0.3, 0.4) is 0 Å². The molecular formula is C57H77FN11O14Si-3. The lowest BCUT2D eigenvalue weighted by atomic mass is 10.1. The second-order valence-electron chi connectivity index (χ2n) is 23.0. The lowest BCUT2D eigenvalue weighted by Crippen LogP contribution is -2.57. The largest absolute Gasteiger partial charge is 0.549 e. The monoisotopic (exact) mass is 1190 g/mol. The highest BCUT2D eigenvalue weighted by atomic mass is 28.4. The first-order chi connectivity index (χ1) is 39.6. The summed E-state index contributed by atoms with van der Waals surface area (Å²) in [5.74, 6) is -8.29. The molecule has 5 rings (SSSR count). The number of rotatable bonds is 25. The summed E-state index contributed by atoms with van der Waals surface area (Å²) in [4.78, 5) is 131. The van der Waals surface area contributed by atoms with Crippen LogP contribution in [0.5, 0.6) is 5.75 Å². The minimum absolute atomic E-state index is 0.00793. The van der Waals surface area contributed by atoms with Gasteiger partial charge in [-0.2, -0.15) is 0 Å². The predicted molar refractivity (Wildman–Crippen MR) is 302 cm³/mol. The highest BCUT2D eigenvalue weighted by Gasteiger charge is 2.56. The van der Waals surface area contributed by atoms with Crippen molar-refractivity contribution in [3.63, 3.8) is 0 Å². The lowest BCUT2D eigenvalue weighted by Gasteiger charge is -2.44. The van der Waals surface area contributed by atoms with Gasteiger partial charge in [0, 0.05) is 122 Å². The van der Waals surface area contributed by atoms with E-state index in [0.717, 1.165) is 0 Å². The maximum absolute atomic E-state index is 17.1. The molecule has 2 aliphatic heterocycles. The van der Waals surface area contributed by atoms with Gasteiger partial charge in [-0.05, 0) is 70.9 Å². The lowest BCUT2D eigenvalue weighted by molar-refractivity contribution is -0.308. The Morgan fingerprint density at radius 3 is 1.88 bits per heavy atom. The van der Waals surface area contributed by atoms with Crippen molar-refractivity contribution in [3.05, 3.63) is 77.3 Å². The third-order valence-corrected chi connectivity index (χ3v) is 20.2. The molecule has 25 nitrogen and oxygen atoms in total. The Balaban J connectivity index is 1.28.